The zero-order valence-corrected chi connectivity index (χ0v) is 11.4. The van der Waals surface area contributed by atoms with Crippen molar-refractivity contribution < 1.29 is 23.0 Å². The second kappa shape index (κ2) is 7.25. The first-order valence-corrected chi connectivity index (χ1v) is 5.38. The van der Waals surface area contributed by atoms with Gasteiger partial charge in [-0.25, -0.2) is 4.79 Å². The third kappa shape index (κ3) is 4.04. The molecule has 0 unspecified atom stereocenters. The number of nitrogens with two attached hydrogens (primary N) is 1. The molecule has 1 aromatic rings. The summed E-state index contributed by atoms with van der Waals surface area (Å²) < 4.78 is 36.5. The van der Waals surface area contributed by atoms with E-state index in [1.54, 1.807) is 0 Å². The summed E-state index contributed by atoms with van der Waals surface area (Å²) in [7, 11) is 1.46. The highest BCUT2D eigenvalue weighted by molar-refractivity contribution is 5.85. The normalized spacial score (nSPS) is 12.3. The van der Waals surface area contributed by atoms with Crippen LogP contribution in [-0.2, 0) is 9.53 Å². The van der Waals surface area contributed by atoms with E-state index in [2.05, 4.69) is 4.74 Å². The zero-order chi connectivity index (χ0) is 13.8. The van der Waals surface area contributed by atoms with Gasteiger partial charge < -0.3 is 15.2 Å². The van der Waals surface area contributed by atoms with Crippen LogP contribution in [0.5, 0.6) is 5.75 Å². The van der Waals surface area contributed by atoms with E-state index in [4.69, 9.17) is 10.5 Å². The number of carbonyl (C=O) groups excluding carboxylic acids is 1. The number of hydrogen-bond acceptors (Lipinski definition) is 4. The van der Waals surface area contributed by atoms with Crippen molar-refractivity contribution in [3.63, 3.8) is 0 Å². The van der Waals surface area contributed by atoms with Gasteiger partial charge in [0.2, 0.25) is 0 Å². The number of esters is 1. The number of halogens is 3. The number of alkyl halides is 2. The average molecular weight is 296 g/mol. The van der Waals surface area contributed by atoms with Crippen LogP contribution in [0.1, 0.15) is 18.5 Å². The molecule has 0 heterocycles. The van der Waals surface area contributed by atoms with Gasteiger partial charge in [0.15, 0.2) is 0 Å². The van der Waals surface area contributed by atoms with Gasteiger partial charge in [-0.2, -0.15) is 8.78 Å². The standard InChI is InChI=1S/C12H15F2NO3.ClH/c1-3-18-11(16)12(13,14)10(15)8-4-6-9(17-2)7-5-8;/h4-7,10H,3,15H2,1-2H3;1H/t10-;/m1./s1. The van der Waals surface area contributed by atoms with Gasteiger partial charge >= 0.3 is 11.9 Å². The third-order valence-corrected chi connectivity index (χ3v) is 2.41. The van der Waals surface area contributed by atoms with Gasteiger partial charge in [0.1, 0.15) is 11.8 Å². The molecule has 1 atom stereocenters. The number of methoxy groups -OCH3 is 1. The molecule has 108 valence electrons. The van der Waals surface area contributed by atoms with Crippen LogP contribution in [0.4, 0.5) is 8.78 Å². The maximum absolute atomic E-state index is 13.6. The first kappa shape index (κ1) is 17.6. The Morgan fingerprint density at radius 3 is 2.32 bits per heavy atom. The largest absolute Gasteiger partial charge is 0.497 e. The van der Waals surface area contributed by atoms with Crippen LogP contribution in [0, 0.1) is 0 Å². The fourth-order valence-electron chi connectivity index (χ4n) is 1.37. The van der Waals surface area contributed by atoms with Crippen LogP contribution < -0.4 is 10.5 Å². The highest BCUT2D eigenvalue weighted by atomic mass is 35.5. The molecule has 0 saturated carbocycles. The lowest BCUT2D eigenvalue weighted by Gasteiger charge is -2.21. The second-order valence-electron chi connectivity index (χ2n) is 3.59. The van der Waals surface area contributed by atoms with Gasteiger partial charge in [0.25, 0.3) is 0 Å². The molecule has 0 aliphatic heterocycles. The predicted octanol–water partition coefficient (Wildman–Crippen LogP) is 2.32. The summed E-state index contributed by atoms with van der Waals surface area (Å²) in [6, 6.07) is 4.02. The smallest absolute Gasteiger partial charge is 0.379 e. The Kier molecular flexibility index (Phi) is 6.72. The van der Waals surface area contributed by atoms with Gasteiger partial charge in [-0.3, -0.25) is 0 Å². The molecule has 0 bridgehead atoms. The van der Waals surface area contributed by atoms with E-state index in [0.29, 0.717) is 5.75 Å². The molecule has 1 rings (SSSR count). The molecule has 0 fully saturated rings. The number of benzene rings is 1. The van der Waals surface area contributed by atoms with E-state index in [1.165, 1.54) is 38.3 Å². The van der Waals surface area contributed by atoms with Crippen LogP contribution in [0.3, 0.4) is 0 Å². The van der Waals surface area contributed by atoms with E-state index in [0.717, 1.165) is 0 Å². The molecule has 4 nitrogen and oxygen atoms in total. The predicted molar refractivity (Wildman–Crippen MR) is 68.8 cm³/mol. The highest BCUT2D eigenvalue weighted by Gasteiger charge is 2.47. The molecular weight excluding hydrogens is 280 g/mol. The highest BCUT2D eigenvalue weighted by Crippen LogP contribution is 2.31. The van der Waals surface area contributed by atoms with Crippen molar-refractivity contribution in [2.24, 2.45) is 5.73 Å². The summed E-state index contributed by atoms with van der Waals surface area (Å²) in [5.41, 5.74) is 5.54. The lowest BCUT2D eigenvalue weighted by molar-refractivity contribution is -0.174. The molecule has 2 N–H and O–H groups in total. The van der Waals surface area contributed by atoms with E-state index >= 15 is 0 Å². The molecule has 0 aliphatic carbocycles. The molecule has 0 radical (unpaired) electrons. The zero-order valence-electron chi connectivity index (χ0n) is 10.6. The van der Waals surface area contributed by atoms with Crippen molar-refractivity contribution in [2.45, 2.75) is 18.9 Å². The van der Waals surface area contributed by atoms with Crippen LogP contribution >= 0.6 is 12.4 Å². The summed E-state index contributed by atoms with van der Waals surface area (Å²) in [4.78, 5) is 11.1. The quantitative estimate of drug-likeness (QED) is 0.847. The molecule has 0 aliphatic rings. The lowest BCUT2D eigenvalue weighted by atomic mass is 10.0. The molecule has 19 heavy (non-hydrogen) atoms. The summed E-state index contributed by atoms with van der Waals surface area (Å²) in [5, 5.41) is 0. The van der Waals surface area contributed by atoms with Crippen molar-refractivity contribution in [2.75, 3.05) is 13.7 Å². The summed E-state index contributed by atoms with van der Waals surface area (Å²) >= 11 is 0. The Labute approximate surface area is 116 Å². The summed E-state index contributed by atoms with van der Waals surface area (Å²) in [5.74, 6) is -4.86. The van der Waals surface area contributed by atoms with Gasteiger partial charge in [0.05, 0.1) is 13.7 Å². The van der Waals surface area contributed by atoms with Crippen LogP contribution in [0.2, 0.25) is 0 Å². The maximum atomic E-state index is 13.6. The van der Waals surface area contributed by atoms with Crippen LogP contribution in [0.15, 0.2) is 24.3 Å². The number of carbonyl (C=O) groups is 1. The fraction of sp³-hybridized carbons (Fsp3) is 0.417. The number of ether oxygens (including phenoxy) is 2. The van der Waals surface area contributed by atoms with Crippen molar-refractivity contribution in [1.29, 1.82) is 0 Å². The Bertz CT molecular complexity index is 412. The Balaban J connectivity index is 0.00000324. The van der Waals surface area contributed by atoms with Gasteiger partial charge in [-0.15, -0.1) is 12.4 Å². The maximum Gasteiger partial charge on any atom is 0.379 e. The second-order valence-corrected chi connectivity index (χ2v) is 3.59. The van der Waals surface area contributed by atoms with Gasteiger partial charge in [-0.1, -0.05) is 12.1 Å². The molecule has 0 aromatic heterocycles. The van der Waals surface area contributed by atoms with E-state index in [9.17, 15) is 13.6 Å². The van der Waals surface area contributed by atoms with Crippen molar-refractivity contribution in [3.05, 3.63) is 29.8 Å². The molecular formula is C12H16ClF2NO3. The fourth-order valence-corrected chi connectivity index (χ4v) is 1.37. The van der Waals surface area contributed by atoms with Crippen molar-refractivity contribution >= 4 is 18.4 Å². The van der Waals surface area contributed by atoms with Crippen LogP contribution in [0.25, 0.3) is 0 Å². The Hall–Kier alpha value is -1.40. The minimum absolute atomic E-state index is 0. The van der Waals surface area contributed by atoms with E-state index < -0.39 is 17.9 Å². The topological polar surface area (TPSA) is 61.5 Å². The third-order valence-electron chi connectivity index (χ3n) is 2.41. The molecule has 0 amide bonds. The Morgan fingerprint density at radius 1 is 1.37 bits per heavy atom. The van der Waals surface area contributed by atoms with E-state index in [1.807, 2.05) is 0 Å². The lowest BCUT2D eigenvalue weighted by Crippen LogP contribution is -2.41. The molecule has 0 spiro atoms. The minimum Gasteiger partial charge on any atom is -0.497 e. The summed E-state index contributed by atoms with van der Waals surface area (Å²) in [6.07, 6.45) is 0. The monoisotopic (exact) mass is 295 g/mol. The molecule has 7 heteroatoms. The van der Waals surface area contributed by atoms with E-state index in [-0.39, 0.29) is 24.6 Å². The van der Waals surface area contributed by atoms with Crippen LogP contribution in [-0.4, -0.2) is 25.6 Å². The average Bonchev–Trinajstić information content (AvgIpc) is 2.38. The Morgan fingerprint density at radius 2 is 1.89 bits per heavy atom. The summed E-state index contributed by atoms with van der Waals surface area (Å²) in [6.45, 7) is 1.33. The first-order valence-electron chi connectivity index (χ1n) is 5.38. The molecule has 0 saturated heterocycles. The number of hydrogen-bond donors (Lipinski definition) is 1. The van der Waals surface area contributed by atoms with Gasteiger partial charge in [-0.05, 0) is 24.6 Å². The first-order chi connectivity index (χ1) is 8.43. The van der Waals surface area contributed by atoms with Gasteiger partial charge in [0, 0.05) is 0 Å². The number of rotatable bonds is 5. The SMILES string of the molecule is CCOC(=O)C(F)(F)[C@H](N)c1ccc(OC)cc1.Cl. The van der Waals surface area contributed by atoms with Crippen molar-refractivity contribution in [1.82, 2.24) is 0 Å². The minimum atomic E-state index is -3.76. The van der Waals surface area contributed by atoms with Crippen molar-refractivity contribution in [3.8, 4) is 5.75 Å². The molecule has 1 aromatic carbocycles.